The summed E-state index contributed by atoms with van der Waals surface area (Å²) >= 11 is 0. The number of nitrogens with two attached hydrogens (primary N) is 1. The number of rotatable bonds is 4. The Morgan fingerprint density at radius 1 is 1.13 bits per heavy atom. The molecule has 0 spiro atoms. The highest BCUT2D eigenvalue weighted by Crippen LogP contribution is 2.44. The van der Waals surface area contributed by atoms with Crippen LogP contribution in [0, 0.1) is 11.8 Å². The third-order valence-electron chi connectivity index (χ3n) is 5.00. The Bertz CT molecular complexity index is 1100. The number of alkyl carbamates (subject to hydrolysis) is 1. The van der Waals surface area contributed by atoms with Crippen molar-refractivity contribution in [2.24, 2.45) is 0 Å². The summed E-state index contributed by atoms with van der Waals surface area (Å²) in [4.78, 5) is 16.1. The van der Waals surface area contributed by atoms with E-state index in [4.69, 9.17) is 15.2 Å². The first-order valence-electron chi connectivity index (χ1n) is 9.54. The second-order valence-corrected chi connectivity index (χ2v) is 6.79. The van der Waals surface area contributed by atoms with E-state index in [1.165, 1.54) is 29.4 Å². The molecule has 2 aromatic carbocycles. The SMILES string of the molecule is COc1cc(C#CCNC(=O)OCC2c3ccccc3-c3ccccc32)cnc1N. The number of ether oxygens (including phenoxy) is 2. The zero-order valence-corrected chi connectivity index (χ0v) is 16.5. The molecule has 0 fully saturated rings. The Labute approximate surface area is 175 Å². The first-order chi connectivity index (χ1) is 14.7. The molecule has 0 saturated carbocycles. The summed E-state index contributed by atoms with van der Waals surface area (Å²) in [5.74, 6) is 6.57. The number of pyridine rings is 1. The lowest BCUT2D eigenvalue weighted by Gasteiger charge is -2.14. The number of aromatic nitrogens is 1. The monoisotopic (exact) mass is 399 g/mol. The van der Waals surface area contributed by atoms with E-state index >= 15 is 0 Å². The molecule has 3 N–H and O–H groups in total. The molecule has 0 radical (unpaired) electrons. The van der Waals surface area contributed by atoms with E-state index in [1.807, 2.05) is 24.3 Å². The minimum Gasteiger partial charge on any atom is -0.493 e. The van der Waals surface area contributed by atoms with Gasteiger partial charge in [0.2, 0.25) is 0 Å². The van der Waals surface area contributed by atoms with Gasteiger partial charge < -0.3 is 20.5 Å². The summed E-state index contributed by atoms with van der Waals surface area (Å²) < 4.78 is 10.6. The molecule has 6 nitrogen and oxygen atoms in total. The summed E-state index contributed by atoms with van der Waals surface area (Å²) in [5.41, 5.74) is 11.1. The van der Waals surface area contributed by atoms with Gasteiger partial charge in [0.15, 0.2) is 11.6 Å². The average Bonchev–Trinajstić information content (AvgIpc) is 3.10. The Kier molecular flexibility index (Phi) is 5.53. The zero-order valence-electron chi connectivity index (χ0n) is 16.5. The van der Waals surface area contributed by atoms with Crippen molar-refractivity contribution in [3.63, 3.8) is 0 Å². The average molecular weight is 399 g/mol. The molecule has 150 valence electrons. The van der Waals surface area contributed by atoms with Crippen LogP contribution in [-0.4, -0.2) is 31.3 Å². The number of amides is 1. The van der Waals surface area contributed by atoms with Gasteiger partial charge in [-0.05, 0) is 22.3 Å². The summed E-state index contributed by atoms with van der Waals surface area (Å²) in [7, 11) is 1.52. The number of carbonyl (C=O) groups excluding carboxylic acids is 1. The quantitative estimate of drug-likeness (QED) is 0.655. The largest absolute Gasteiger partial charge is 0.493 e. The summed E-state index contributed by atoms with van der Waals surface area (Å²) in [5, 5.41) is 2.65. The second-order valence-electron chi connectivity index (χ2n) is 6.79. The third-order valence-corrected chi connectivity index (χ3v) is 5.00. The van der Waals surface area contributed by atoms with Crippen LogP contribution in [0.1, 0.15) is 22.6 Å². The van der Waals surface area contributed by atoms with Gasteiger partial charge in [-0.1, -0.05) is 60.4 Å². The molecular weight excluding hydrogens is 378 g/mol. The van der Waals surface area contributed by atoms with Crippen LogP contribution in [0.4, 0.5) is 10.6 Å². The van der Waals surface area contributed by atoms with Crippen molar-refractivity contribution >= 4 is 11.9 Å². The van der Waals surface area contributed by atoms with Crippen LogP contribution >= 0.6 is 0 Å². The molecule has 1 heterocycles. The van der Waals surface area contributed by atoms with Crippen molar-refractivity contribution in [1.29, 1.82) is 0 Å². The highest BCUT2D eigenvalue weighted by Gasteiger charge is 2.28. The van der Waals surface area contributed by atoms with E-state index in [1.54, 1.807) is 12.3 Å². The Hall–Kier alpha value is -3.98. The van der Waals surface area contributed by atoms with Crippen LogP contribution in [-0.2, 0) is 4.74 Å². The number of carbonyl (C=O) groups is 1. The third kappa shape index (κ3) is 3.91. The minimum absolute atomic E-state index is 0.0301. The van der Waals surface area contributed by atoms with Crippen LogP contribution < -0.4 is 15.8 Å². The molecule has 0 saturated heterocycles. The molecule has 1 aromatic heterocycles. The van der Waals surface area contributed by atoms with Gasteiger partial charge in [-0.3, -0.25) is 0 Å². The van der Waals surface area contributed by atoms with Crippen LogP contribution in [0.2, 0.25) is 0 Å². The Morgan fingerprint density at radius 3 is 2.47 bits per heavy atom. The van der Waals surface area contributed by atoms with Crippen molar-refractivity contribution in [1.82, 2.24) is 10.3 Å². The highest BCUT2D eigenvalue weighted by atomic mass is 16.5. The molecule has 6 heteroatoms. The Morgan fingerprint density at radius 2 is 1.80 bits per heavy atom. The van der Waals surface area contributed by atoms with Gasteiger partial charge in [-0.2, -0.15) is 0 Å². The summed E-state index contributed by atoms with van der Waals surface area (Å²) in [6.45, 7) is 0.426. The molecule has 30 heavy (non-hydrogen) atoms. The topological polar surface area (TPSA) is 86.5 Å². The van der Waals surface area contributed by atoms with Crippen molar-refractivity contribution in [2.45, 2.75) is 5.92 Å². The number of nitrogen functional groups attached to an aromatic ring is 1. The van der Waals surface area contributed by atoms with Gasteiger partial charge in [0.25, 0.3) is 0 Å². The number of hydrogen-bond donors (Lipinski definition) is 2. The summed E-state index contributed by atoms with van der Waals surface area (Å²) in [6.07, 6.45) is 1.05. The second kappa shape index (κ2) is 8.58. The smallest absolute Gasteiger partial charge is 0.407 e. The maximum atomic E-state index is 12.1. The first kappa shape index (κ1) is 19.3. The van der Waals surface area contributed by atoms with Gasteiger partial charge in [-0.25, -0.2) is 9.78 Å². The normalized spacial score (nSPS) is 11.6. The number of nitrogens with zero attached hydrogens (tertiary/aromatic N) is 1. The number of benzene rings is 2. The van der Waals surface area contributed by atoms with E-state index in [2.05, 4.69) is 46.4 Å². The molecule has 0 bridgehead atoms. The minimum atomic E-state index is -0.501. The fourth-order valence-electron chi connectivity index (χ4n) is 3.60. The Balaban J connectivity index is 1.34. The van der Waals surface area contributed by atoms with Crippen LogP contribution in [0.25, 0.3) is 11.1 Å². The van der Waals surface area contributed by atoms with E-state index in [-0.39, 0.29) is 19.1 Å². The number of anilines is 1. The zero-order chi connectivity index (χ0) is 20.9. The molecule has 4 rings (SSSR count). The van der Waals surface area contributed by atoms with E-state index in [9.17, 15) is 4.79 Å². The molecule has 3 aromatic rings. The maximum Gasteiger partial charge on any atom is 0.407 e. The van der Waals surface area contributed by atoms with E-state index < -0.39 is 6.09 Å². The fraction of sp³-hybridized carbons (Fsp3) is 0.167. The standard InChI is InChI=1S/C24H21N3O3/c1-29-22-13-16(14-27-23(22)25)7-6-12-26-24(28)30-15-21-19-10-4-2-8-17(19)18-9-3-5-11-20(18)21/h2-5,8-11,13-14,21H,12,15H2,1H3,(H2,25,27)(H,26,28). The van der Waals surface area contributed by atoms with Gasteiger partial charge in [0, 0.05) is 23.7 Å². The molecule has 0 atom stereocenters. The number of fused-ring (bicyclic) bond motifs is 3. The molecule has 1 amide bonds. The van der Waals surface area contributed by atoms with Crippen LogP contribution in [0.15, 0.2) is 60.8 Å². The fourth-order valence-corrected chi connectivity index (χ4v) is 3.60. The molecule has 0 aliphatic heterocycles. The molecule has 1 aliphatic rings. The molecule has 0 unspecified atom stereocenters. The van der Waals surface area contributed by atoms with E-state index in [0.717, 1.165) is 0 Å². The molecular formula is C24H21N3O3. The lowest BCUT2D eigenvalue weighted by molar-refractivity contribution is 0.144. The van der Waals surface area contributed by atoms with Gasteiger partial charge >= 0.3 is 6.09 Å². The predicted octanol–water partition coefficient (Wildman–Crippen LogP) is 3.56. The van der Waals surface area contributed by atoms with Gasteiger partial charge in [0.05, 0.1) is 13.7 Å². The molecule has 1 aliphatic carbocycles. The van der Waals surface area contributed by atoms with Crippen molar-refractivity contribution in [3.8, 4) is 28.7 Å². The van der Waals surface area contributed by atoms with Crippen molar-refractivity contribution < 1.29 is 14.3 Å². The summed E-state index contributed by atoms with van der Waals surface area (Å²) in [6, 6.07) is 18.1. The van der Waals surface area contributed by atoms with Gasteiger partial charge in [-0.15, -0.1) is 0 Å². The van der Waals surface area contributed by atoms with Crippen molar-refractivity contribution in [2.75, 3.05) is 26.0 Å². The van der Waals surface area contributed by atoms with Crippen molar-refractivity contribution in [3.05, 3.63) is 77.5 Å². The van der Waals surface area contributed by atoms with Gasteiger partial charge in [0.1, 0.15) is 6.61 Å². The lowest BCUT2D eigenvalue weighted by Crippen LogP contribution is -2.26. The number of hydrogen-bond acceptors (Lipinski definition) is 5. The van der Waals surface area contributed by atoms with Crippen LogP contribution in [0.5, 0.6) is 5.75 Å². The predicted molar refractivity (Wildman–Crippen MR) is 115 cm³/mol. The highest BCUT2D eigenvalue weighted by molar-refractivity contribution is 5.79. The maximum absolute atomic E-state index is 12.1. The van der Waals surface area contributed by atoms with Crippen LogP contribution in [0.3, 0.4) is 0 Å². The number of methoxy groups -OCH3 is 1. The first-order valence-corrected chi connectivity index (χ1v) is 9.54. The number of nitrogens with one attached hydrogen (secondary N) is 1. The lowest BCUT2D eigenvalue weighted by atomic mass is 9.98. The van der Waals surface area contributed by atoms with E-state index in [0.29, 0.717) is 17.1 Å².